The van der Waals surface area contributed by atoms with Crippen LogP contribution in [0.25, 0.3) is 0 Å². The lowest BCUT2D eigenvalue weighted by Crippen LogP contribution is -2.41. The zero-order chi connectivity index (χ0) is 17.6. The van der Waals surface area contributed by atoms with E-state index in [2.05, 4.69) is 30.1 Å². The van der Waals surface area contributed by atoms with Crippen molar-refractivity contribution in [2.24, 2.45) is 16.6 Å². The summed E-state index contributed by atoms with van der Waals surface area (Å²) in [4.78, 5) is 17.3. The van der Waals surface area contributed by atoms with E-state index in [-0.39, 0.29) is 22.9 Å². The Hall–Kier alpha value is -1.93. The number of aliphatic imine (C=N–C) groups is 1. The maximum atomic E-state index is 12.0. The Morgan fingerprint density at radius 3 is 2.39 bits per heavy atom. The lowest BCUT2D eigenvalue weighted by molar-refractivity contribution is 0.0199. The average Bonchev–Trinajstić information content (AvgIpc) is 2.45. The molecule has 0 saturated carbocycles. The second-order valence-electron chi connectivity index (χ2n) is 6.33. The normalized spacial score (nSPS) is 16.8. The molecule has 5 nitrogen and oxygen atoms in total. The van der Waals surface area contributed by atoms with Crippen molar-refractivity contribution in [3.63, 3.8) is 0 Å². The Bertz CT molecular complexity index is 571. The van der Waals surface area contributed by atoms with Crippen LogP contribution in [0.1, 0.15) is 33.6 Å². The minimum absolute atomic E-state index is 0.164. The number of likely N-dealkylation sites (tertiary alicyclic amines) is 1. The second-order valence-corrected chi connectivity index (χ2v) is 6.79. The summed E-state index contributed by atoms with van der Waals surface area (Å²) in [6.45, 7) is 13.8. The molecule has 1 rings (SSSR count). The molecule has 0 aromatic carbocycles. The molecule has 1 fully saturated rings. The smallest absolute Gasteiger partial charge is 0.410 e. The summed E-state index contributed by atoms with van der Waals surface area (Å²) >= 11 is 5.87. The Morgan fingerprint density at radius 2 is 1.96 bits per heavy atom. The van der Waals surface area contributed by atoms with E-state index < -0.39 is 5.60 Å². The van der Waals surface area contributed by atoms with Gasteiger partial charge in [0.1, 0.15) is 11.4 Å². The monoisotopic (exact) mass is 337 g/mol. The summed E-state index contributed by atoms with van der Waals surface area (Å²) in [5, 5.41) is 0.244. The van der Waals surface area contributed by atoms with E-state index in [0.29, 0.717) is 18.7 Å². The van der Waals surface area contributed by atoms with E-state index >= 15 is 0 Å². The van der Waals surface area contributed by atoms with Gasteiger partial charge in [0.15, 0.2) is 0 Å². The van der Waals surface area contributed by atoms with Crippen LogP contribution in [-0.4, -0.2) is 36.4 Å². The van der Waals surface area contributed by atoms with Crippen molar-refractivity contribution in [1.29, 1.82) is 0 Å². The van der Waals surface area contributed by atoms with Crippen molar-refractivity contribution in [1.82, 2.24) is 4.90 Å². The number of hydrogen-bond donors (Lipinski definition) is 1. The lowest BCUT2D eigenvalue weighted by Gasteiger charge is -2.31. The number of carbonyl (C=O) groups excluding carboxylic acids is 1. The maximum Gasteiger partial charge on any atom is 0.410 e. The number of halogens is 1. The first kappa shape index (κ1) is 19.1. The van der Waals surface area contributed by atoms with Gasteiger partial charge in [-0.25, -0.2) is 9.79 Å². The number of nitrogens with two attached hydrogens (primary N) is 1. The summed E-state index contributed by atoms with van der Waals surface area (Å²) in [5.41, 5.74) is 5.60. The van der Waals surface area contributed by atoms with Crippen molar-refractivity contribution in [2.75, 3.05) is 13.1 Å². The minimum Gasteiger partial charge on any atom is -0.444 e. The quantitative estimate of drug-likeness (QED) is 0.477. The van der Waals surface area contributed by atoms with Gasteiger partial charge in [-0.1, -0.05) is 30.0 Å². The molecule has 23 heavy (non-hydrogen) atoms. The van der Waals surface area contributed by atoms with E-state index in [4.69, 9.17) is 22.1 Å². The van der Waals surface area contributed by atoms with Crippen LogP contribution in [-0.2, 0) is 4.74 Å². The number of hydrogen-bond acceptors (Lipinski definition) is 4. The molecule has 0 aromatic rings. The third-order valence-corrected chi connectivity index (χ3v) is 3.43. The standard InChI is InChI=1S/C17H24ClN3O2/c1-12(18)14(15(19)20-5)7-6-13-8-10-21(11-9-13)16(22)23-17(2,3)4/h13H,1,5,8-11,19H2,2-4H3/b15-14-. The fourth-order valence-corrected chi connectivity index (χ4v) is 2.20. The van der Waals surface area contributed by atoms with Gasteiger partial charge in [0.25, 0.3) is 0 Å². The predicted molar refractivity (Wildman–Crippen MR) is 94.1 cm³/mol. The molecular weight excluding hydrogens is 314 g/mol. The van der Waals surface area contributed by atoms with E-state index in [0.717, 1.165) is 12.8 Å². The Morgan fingerprint density at radius 1 is 1.39 bits per heavy atom. The molecule has 1 heterocycles. The van der Waals surface area contributed by atoms with Crippen molar-refractivity contribution in [3.8, 4) is 11.8 Å². The number of piperidine rings is 1. The molecule has 1 aliphatic rings. The van der Waals surface area contributed by atoms with Crippen LogP contribution in [0.5, 0.6) is 0 Å². The highest BCUT2D eigenvalue weighted by Gasteiger charge is 2.26. The highest BCUT2D eigenvalue weighted by atomic mass is 35.5. The molecule has 0 aromatic heterocycles. The van der Waals surface area contributed by atoms with E-state index in [9.17, 15) is 4.79 Å². The molecule has 0 bridgehead atoms. The van der Waals surface area contributed by atoms with E-state index in [1.54, 1.807) is 4.90 Å². The van der Waals surface area contributed by atoms with Gasteiger partial charge in [0, 0.05) is 19.0 Å². The number of nitrogens with zero attached hydrogens (tertiary/aromatic N) is 2. The predicted octanol–water partition coefficient (Wildman–Crippen LogP) is 3.26. The molecule has 0 unspecified atom stereocenters. The zero-order valence-corrected chi connectivity index (χ0v) is 14.7. The van der Waals surface area contributed by atoms with Gasteiger partial charge in [-0.15, -0.1) is 0 Å². The first-order valence-corrected chi connectivity index (χ1v) is 7.82. The fourth-order valence-electron chi connectivity index (χ4n) is 2.06. The molecule has 0 spiro atoms. The van der Waals surface area contributed by atoms with Crippen LogP contribution < -0.4 is 5.73 Å². The van der Waals surface area contributed by atoms with Crippen molar-refractivity contribution in [2.45, 2.75) is 39.2 Å². The SMILES string of the molecule is C=N/C(N)=C(/C#CC1CCN(C(=O)OC(C)(C)C)CC1)C(=C)Cl. The van der Waals surface area contributed by atoms with Gasteiger partial charge in [-0.2, -0.15) is 0 Å². The molecule has 1 aliphatic heterocycles. The van der Waals surface area contributed by atoms with E-state index in [1.165, 1.54) is 0 Å². The van der Waals surface area contributed by atoms with Crippen molar-refractivity contribution >= 4 is 24.4 Å². The molecule has 0 radical (unpaired) electrons. The largest absolute Gasteiger partial charge is 0.444 e. The van der Waals surface area contributed by atoms with E-state index in [1.807, 2.05) is 20.8 Å². The average molecular weight is 338 g/mol. The van der Waals surface area contributed by atoms with Crippen molar-refractivity contribution < 1.29 is 9.53 Å². The number of allylic oxidation sites excluding steroid dienone is 2. The third-order valence-electron chi connectivity index (χ3n) is 3.25. The molecular formula is C17H24ClN3O2. The zero-order valence-electron chi connectivity index (χ0n) is 14.0. The Kier molecular flexibility index (Phi) is 6.71. The minimum atomic E-state index is -0.483. The Balaban J connectivity index is 2.65. The molecule has 126 valence electrons. The second kappa shape index (κ2) is 8.07. The van der Waals surface area contributed by atoms with Gasteiger partial charge >= 0.3 is 6.09 Å². The molecule has 1 saturated heterocycles. The van der Waals surface area contributed by atoms with Crippen LogP contribution >= 0.6 is 11.6 Å². The fraction of sp³-hybridized carbons (Fsp3) is 0.529. The number of amides is 1. The number of carbonyl (C=O) groups is 1. The molecule has 1 amide bonds. The summed E-state index contributed by atoms with van der Waals surface area (Å²) in [6, 6.07) is 0. The van der Waals surface area contributed by atoms with Crippen molar-refractivity contribution in [3.05, 3.63) is 23.0 Å². The highest BCUT2D eigenvalue weighted by molar-refractivity contribution is 6.32. The summed E-state index contributed by atoms with van der Waals surface area (Å²) in [7, 11) is 0. The molecule has 6 heteroatoms. The number of ether oxygens (including phenoxy) is 1. The van der Waals surface area contributed by atoms with Crippen LogP contribution in [0, 0.1) is 17.8 Å². The van der Waals surface area contributed by atoms with Gasteiger partial charge in [0.05, 0.1) is 10.6 Å². The number of rotatable bonds is 2. The van der Waals surface area contributed by atoms with Crippen LogP contribution in [0.4, 0.5) is 4.79 Å². The highest BCUT2D eigenvalue weighted by Crippen LogP contribution is 2.20. The molecule has 0 atom stereocenters. The molecule has 0 aliphatic carbocycles. The summed E-state index contributed by atoms with van der Waals surface area (Å²) in [5.74, 6) is 6.39. The van der Waals surface area contributed by atoms with Gasteiger partial charge in [-0.3, -0.25) is 0 Å². The lowest BCUT2D eigenvalue weighted by atomic mass is 9.97. The molecule has 2 N–H and O–H groups in total. The van der Waals surface area contributed by atoms with Gasteiger partial charge < -0.3 is 15.4 Å². The van der Waals surface area contributed by atoms with Crippen LogP contribution in [0.15, 0.2) is 28.0 Å². The first-order chi connectivity index (χ1) is 10.6. The topological polar surface area (TPSA) is 67.9 Å². The van der Waals surface area contributed by atoms with Crippen LogP contribution in [0.2, 0.25) is 0 Å². The van der Waals surface area contributed by atoms with Gasteiger partial charge in [-0.05, 0) is 40.3 Å². The Labute approximate surface area is 143 Å². The summed E-state index contributed by atoms with van der Waals surface area (Å²) in [6.07, 6.45) is 1.27. The van der Waals surface area contributed by atoms with Gasteiger partial charge in [0.2, 0.25) is 0 Å². The summed E-state index contributed by atoms with van der Waals surface area (Å²) < 4.78 is 5.37. The first-order valence-electron chi connectivity index (χ1n) is 7.44. The maximum absolute atomic E-state index is 12.0. The van der Waals surface area contributed by atoms with Crippen LogP contribution in [0.3, 0.4) is 0 Å². The third kappa shape index (κ3) is 6.37.